The maximum Gasteiger partial charge on any atom is 0.271 e. The Morgan fingerprint density at radius 3 is 2.48 bits per heavy atom. The van der Waals surface area contributed by atoms with Gasteiger partial charge in [0.2, 0.25) is 0 Å². The predicted octanol–water partition coefficient (Wildman–Crippen LogP) is 1.38. The van der Waals surface area contributed by atoms with Crippen LogP contribution in [0.4, 0.5) is 4.39 Å². The summed E-state index contributed by atoms with van der Waals surface area (Å²) in [5.74, 6) is -0.485. The van der Waals surface area contributed by atoms with Crippen LogP contribution >= 0.6 is 0 Å². The number of piperazine rings is 1. The van der Waals surface area contributed by atoms with Crippen molar-refractivity contribution in [3.63, 3.8) is 0 Å². The summed E-state index contributed by atoms with van der Waals surface area (Å²) >= 11 is 0. The summed E-state index contributed by atoms with van der Waals surface area (Å²) in [6, 6.07) is 7.66. The Morgan fingerprint density at radius 2 is 1.80 bits per heavy atom. The second kappa shape index (κ2) is 8.22. The molecule has 2 heterocycles. The molecule has 6 nitrogen and oxygen atoms in total. The number of halogens is 1. The highest BCUT2D eigenvalue weighted by Crippen LogP contribution is 2.09. The first-order valence-corrected chi connectivity index (χ1v) is 8.70. The molecule has 1 fully saturated rings. The van der Waals surface area contributed by atoms with Gasteiger partial charge in [-0.2, -0.15) is 5.10 Å². The molecule has 0 spiro atoms. The maximum atomic E-state index is 13.0. The third-order valence-corrected chi connectivity index (χ3v) is 4.54. The van der Waals surface area contributed by atoms with E-state index in [0.29, 0.717) is 17.9 Å². The van der Waals surface area contributed by atoms with E-state index in [1.54, 1.807) is 29.1 Å². The van der Waals surface area contributed by atoms with E-state index < -0.39 is 0 Å². The van der Waals surface area contributed by atoms with E-state index >= 15 is 0 Å². The van der Waals surface area contributed by atoms with Crippen LogP contribution < -0.4 is 5.32 Å². The fourth-order valence-electron chi connectivity index (χ4n) is 2.93. The minimum absolute atomic E-state index is 0.187. The number of amides is 1. The molecule has 1 aliphatic rings. The highest BCUT2D eigenvalue weighted by Gasteiger charge is 2.15. The Morgan fingerprint density at radius 1 is 1.12 bits per heavy atom. The Kier molecular flexibility index (Phi) is 5.78. The Balaban J connectivity index is 1.47. The summed E-state index contributed by atoms with van der Waals surface area (Å²) in [6.45, 7) is 9.00. The van der Waals surface area contributed by atoms with Crippen LogP contribution in [0.25, 0.3) is 5.69 Å². The van der Waals surface area contributed by atoms with Gasteiger partial charge in [-0.05, 0) is 36.9 Å². The molecule has 0 aliphatic carbocycles. The average molecular weight is 345 g/mol. The number of benzene rings is 1. The Bertz CT molecular complexity index is 692. The van der Waals surface area contributed by atoms with Crippen LogP contribution in [-0.4, -0.2) is 71.3 Å². The molecule has 0 radical (unpaired) electrons. The lowest BCUT2D eigenvalue weighted by molar-refractivity contribution is 0.0932. The van der Waals surface area contributed by atoms with Crippen LogP contribution in [0.5, 0.6) is 0 Å². The molecule has 1 aromatic carbocycles. The molecule has 134 valence electrons. The van der Waals surface area contributed by atoms with E-state index in [-0.39, 0.29) is 11.7 Å². The number of hydrogen-bond donors (Lipinski definition) is 1. The zero-order chi connectivity index (χ0) is 17.6. The number of aromatic nitrogens is 2. The molecule has 1 N–H and O–H groups in total. The van der Waals surface area contributed by atoms with Gasteiger partial charge in [0, 0.05) is 45.5 Å². The summed E-state index contributed by atoms with van der Waals surface area (Å²) in [7, 11) is 0. The number of likely N-dealkylation sites (N-methyl/N-ethyl adjacent to an activating group) is 1. The highest BCUT2D eigenvalue weighted by molar-refractivity contribution is 5.92. The van der Waals surface area contributed by atoms with Crippen molar-refractivity contribution < 1.29 is 9.18 Å². The van der Waals surface area contributed by atoms with Crippen LogP contribution in [-0.2, 0) is 0 Å². The SMILES string of the molecule is CCN1CCN(CCNC(=O)c2ccn(-c3ccc(F)cc3)n2)CC1. The van der Waals surface area contributed by atoms with Gasteiger partial charge in [0.05, 0.1) is 5.69 Å². The van der Waals surface area contributed by atoms with Gasteiger partial charge in [-0.15, -0.1) is 0 Å². The van der Waals surface area contributed by atoms with E-state index in [0.717, 1.165) is 39.3 Å². The second-order valence-electron chi connectivity index (χ2n) is 6.15. The minimum atomic E-state index is -0.298. The van der Waals surface area contributed by atoms with Crippen LogP contribution in [0.1, 0.15) is 17.4 Å². The molecule has 1 amide bonds. The van der Waals surface area contributed by atoms with Gasteiger partial charge in [-0.25, -0.2) is 9.07 Å². The molecular formula is C18H24FN5O. The Hall–Kier alpha value is -2.25. The topological polar surface area (TPSA) is 53.4 Å². The molecule has 7 heteroatoms. The lowest BCUT2D eigenvalue weighted by Crippen LogP contribution is -2.48. The van der Waals surface area contributed by atoms with Gasteiger partial charge < -0.3 is 10.2 Å². The Labute approximate surface area is 147 Å². The van der Waals surface area contributed by atoms with Crippen LogP contribution in [0.15, 0.2) is 36.5 Å². The number of carbonyl (C=O) groups excluding carboxylic acids is 1. The van der Waals surface area contributed by atoms with Gasteiger partial charge in [-0.1, -0.05) is 6.92 Å². The van der Waals surface area contributed by atoms with Crippen LogP contribution in [0.2, 0.25) is 0 Å². The summed E-state index contributed by atoms with van der Waals surface area (Å²) in [6.07, 6.45) is 1.70. The van der Waals surface area contributed by atoms with E-state index in [4.69, 9.17) is 0 Å². The van der Waals surface area contributed by atoms with Crippen molar-refractivity contribution in [2.24, 2.45) is 0 Å². The van der Waals surface area contributed by atoms with Gasteiger partial charge in [0.15, 0.2) is 5.69 Å². The van der Waals surface area contributed by atoms with E-state index in [2.05, 4.69) is 27.1 Å². The molecule has 0 unspecified atom stereocenters. The third kappa shape index (κ3) is 4.64. The average Bonchev–Trinajstić information content (AvgIpc) is 3.13. The first-order valence-electron chi connectivity index (χ1n) is 8.70. The van der Waals surface area contributed by atoms with Gasteiger partial charge >= 0.3 is 0 Å². The van der Waals surface area contributed by atoms with Gasteiger partial charge in [0.1, 0.15) is 5.82 Å². The quantitative estimate of drug-likeness (QED) is 0.859. The number of carbonyl (C=O) groups is 1. The molecule has 0 bridgehead atoms. The van der Waals surface area contributed by atoms with Crippen LogP contribution in [0, 0.1) is 5.82 Å². The van der Waals surface area contributed by atoms with Crippen molar-refractivity contribution in [3.05, 3.63) is 48.0 Å². The fourth-order valence-corrected chi connectivity index (χ4v) is 2.93. The predicted molar refractivity (Wildman–Crippen MR) is 94.4 cm³/mol. The normalized spacial score (nSPS) is 16.1. The van der Waals surface area contributed by atoms with E-state index in [9.17, 15) is 9.18 Å². The largest absolute Gasteiger partial charge is 0.349 e. The maximum absolute atomic E-state index is 13.0. The molecule has 1 aliphatic heterocycles. The highest BCUT2D eigenvalue weighted by atomic mass is 19.1. The van der Waals surface area contributed by atoms with Crippen molar-refractivity contribution in [3.8, 4) is 5.69 Å². The van der Waals surface area contributed by atoms with Crippen molar-refractivity contribution in [2.45, 2.75) is 6.92 Å². The number of nitrogens with one attached hydrogen (secondary N) is 1. The standard InChI is InChI=1S/C18H24FN5O/c1-2-22-11-13-23(14-12-22)10-8-20-18(25)17-7-9-24(21-17)16-5-3-15(19)4-6-16/h3-7,9H,2,8,10-14H2,1H3,(H,20,25). The lowest BCUT2D eigenvalue weighted by atomic mass is 10.3. The van der Waals surface area contributed by atoms with Crippen molar-refractivity contribution in [2.75, 3.05) is 45.8 Å². The van der Waals surface area contributed by atoms with Crippen molar-refractivity contribution in [1.29, 1.82) is 0 Å². The van der Waals surface area contributed by atoms with E-state index in [1.807, 2.05) is 0 Å². The zero-order valence-corrected chi connectivity index (χ0v) is 14.5. The van der Waals surface area contributed by atoms with Crippen molar-refractivity contribution >= 4 is 5.91 Å². The molecule has 1 aromatic heterocycles. The van der Waals surface area contributed by atoms with Gasteiger partial charge in [0.25, 0.3) is 5.91 Å². The summed E-state index contributed by atoms with van der Waals surface area (Å²) in [4.78, 5) is 17.0. The smallest absolute Gasteiger partial charge is 0.271 e. The molecular weight excluding hydrogens is 321 g/mol. The van der Waals surface area contributed by atoms with Gasteiger partial charge in [-0.3, -0.25) is 9.69 Å². The minimum Gasteiger partial charge on any atom is -0.349 e. The van der Waals surface area contributed by atoms with E-state index in [1.165, 1.54) is 12.1 Å². The summed E-state index contributed by atoms with van der Waals surface area (Å²) in [5, 5.41) is 7.17. The monoisotopic (exact) mass is 345 g/mol. The zero-order valence-electron chi connectivity index (χ0n) is 14.5. The molecule has 0 atom stereocenters. The number of hydrogen-bond acceptors (Lipinski definition) is 4. The molecule has 2 aromatic rings. The summed E-state index contributed by atoms with van der Waals surface area (Å²) < 4.78 is 14.5. The number of rotatable bonds is 6. The second-order valence-corrected chi connectivity index (χ2v) is 6.15. The van der Waals surface area contributed by atoms with Crippen molar-refractivity contribution in [1.82, 2.24) is 24.9 Å². The third-order valence-electron chi connectivity index (χ3n) is 4.54. The van der Waals surface area contributed by atoms with Crippen LogP contribution in [0.3, 0.4) is 0 Å². The molecule has 0 saturated carbocycles. The molecule has 3 rings (SSSR count). The first-order chi connectivity index (χ1) is 12.2. The molecule has 25 heavy (non-hydrogen) atoms. The summed E-state index contributed by atoms with van der Waals surface area (Å²) in [5.41, 5.74) is 1.08. The lowest BCUT2D eigenvalue weighted by Gasteiger charge is -2.33. The fraction of sp³-hybridized carbons (Fsp3) is 0.444. The first kappa shape index (κ1) is 17.6. The number of nitrogens with zero attached hydrogens (tertiary/aromatic N) is 4. The molecule has 1 saturated heterocycles.